The van der Waals surface area contributed by atoms with Crippen molar-refractivity contribution >= 4 is 21.9 Å². The van der Waals surface area contributed by atoms with E-state index in [0.717, 1.165) is 11.1 Å². The second-order valence-electron chi connectivity index (χ2n) is 8.31. The molecule has 0 N–H and O–H groups in total. The Morgan fingerprint density at radius 1 is 0.968 bits per heavy atom. The number of benzene rings is 1. The third-order valence-corrected chi connectivity index (χ3v) is 8.24. The van der Waals surface area contributed by atoms with Gasteiger partial charge in [0.1, 0.15) is 0 Å². The molecule has 0 aliphatic carbocycles. The van der Waals surface area contributed by atoms with Crippen molar-refractivity contribution < 1.29 is 13.2 Å². The van der Waals surface area contributed by atoms with E-state index >= 15 is 0 Å². The summed E-state index contributed by atoms with van der Waals surface area (Å²) in [7, 11) is -3.53. The van der Waals surface area contributed by atoms with Gasteiger partial charge in [0.15, 0.2) is 0 Å². The van der Waals surface area contributed by atoms with Crippen molar-refractivity contribution in [3.05, 3.63) is 47.8 Å². The van der Waals surface area contributed by atoms with Crippen LogP contribution in [0.3, 0.4) is 0 Å². The minimum Gasteiger partial charge on any atom is -0.339 e. The lowest BCUT2D eigenvalue weighted by molar-refractivity contribution is -0.137. The maximum atomic E-state index is 13.1. The van der Waals surface area contributed by atoms with E-state index in [1.807, 2.05) is 30.9 Å². The SMILES string of the molecule is Cc1ccc(S(=O)(=O)N2CCC(C(=O)N3CCN(c4ncccn4)CC3)CC2)c(C)c1. The molecule has 0 radical (unpaired) electrons. The van der Waals surface area contributed by atoms with Gasteiger partial charge in [-0.3, -0.25) is 4.79 Å². The van der Waals surface area contributed by atoms with Gasteiger partial charge in [-0.25, -0.2) is 18.4 Å². The molecule has 2 aliphatic heterocycles. The lowest BCUT2D eigenvalue weighted by Gasteiger charge is -2.38. The Morgan fingerprint density at radius 3 is 2.23 bits per heavy atom. The fourth-order valence-electron chi connectivity index (χ4n) is 4.41. The molecule has 8 nitrogen and oxygen atoms in total. The first-order chi connectivity index (χ1) is 14.9. The number of carbonyl (C=O) groups excluding carboxylic acids is 1. The van der Waals surface area contributed by atoms with E-state index in [1.54, 1.807) is 24.5 Å². The first-order valence-electron chi connectivity index (χ1n) is 10.7. The summed E-state index contributed by atoms with van der Waals surface area (Å²) in [6.45, 7) is 7.22. The zero-order valence-electron chi connectivity index (χ0n) is 18.1. The molecule has 1 aromatic carbocycles. The van der Waals surface area contributed by atoms with Gasteiger partial charge in [0.25, 0.3) is 0 Å². The quantitative estimate of drug-likeness (QED) is 0.717. The largest absolute Gasteiger partial charge is 0.339 e. The highest BCUT2D eigenvalue weighted by atomic mass is 32.2. The normalized spacial score (nSPS) is 18.9. The monoisotopic (exact) mass is 443 g/mol. The molecule has 0 unspecified atom stereocenters. The highest BCUT2D eigenvalue weighted by Gasteiger charge is 2.35. The number of aromatic nitrogens is 2. The topological polar surface area (TPSA) is 86.7 Å². The Hall–Kier alpha value is -2.52. The van der Waals surface area contributed by atoms with E-state index in [0.29, 0.717) is 63.0 Å². The molecule has 31 heavy (non-hydrogen) atoms. The predicted molar refractivity (Wildman–Crippen MR) is 118 cm³/mol. The maximum absolute atomic E-state index is 13.1. The second kappa shape index (κ2) is 8.92. The van der Waals surface area contributed by atoms with Gasteiger partial charge in [-0.1, -0.05) is 17.7 Å². The van der Waals surface area contributed by atoms with E-state index in [-0.39, 0.29) is 11.8 Å². The number of piperidine rings is 1. The zero-order valence-corrected chi connectivity index (χ0v) is 18.9. The standard InChI is InChI=1S/C22H29N5O3S/c1-17-4-5-20(18(2)16-17)31(29,30)27-10-6-19(7-11-27)21(28)25-12-14-26(15-13-25)22-23-8-3-9-24-22/h3-5,8-9,16,19H,6-7,10-15H2,1-2H3. The number of hydrogen-bond acceptors (Lipinski definition) is 6. The summed E-state index contributed by atoms with van der Waals surface area (Å²) >= 11 is 0. The minimum absolute atomic E-state index is 0.120. The number of nitrogens with zero attached hydrogens (tertiary/aromatic N) is 5. The van der Waals surface area contributed by atoms with Gasteiger partial charge in [-0.05, 0) is 44.4 Å². The fraction of sp³-hybridized carbons (Fsp3) is 0.500. The summed E-state index contributed by atoms with van der Waals surface area (Å²) < 4.78 is 27.7. The van der Waals surface area contributed by atoms with Gasteiger partial charge in [0.2, 0.25) is 21.9 Å². The molecular formula is C22H29N5O3S. The fourth-order valence-corrected chi connectivity index (χ4v) is 6.09. The number of piperazine rings is 1. The van der Waals surface area contributed by atoms with E-state index in [2.05, 4.69) is 14.9 Å². The number of amides is 1. The molecule has 9 heteroatoms. The summed E-state index contributed by atoms with van der Waals surface area (Å²) in [5, 5.41) is 0. The van der Waals surface area contributed by atoms with Gasteiger partial charge in [-0.2, -0.15) is 4.31 Å². The molecule has 2 fully saturated rings. The molecule has 2 saturated heterocycles. The second-order valence-corrected chi connectivity index (χ2v) is 10.2. The molecule has 1 amide bonds. The average molecular weight is 444 g/mol. The van der Waals surface area contributed by atoms with Crippen molar-refractivity contribution in [1.82, 2.24) is 19.2 Å². The van der Waals surface area contributed by atoms with Crippen molar-refractivity contribution in [2.24, 2.45) is 5.92 Å². The van der Waals surface area contributed by atoms with Crippen LogP contribution in [0.4, 0.5) is 5.95 Å². The number of rotatable bonds is 4. The summed E-state index contributed by atoms with van der Waals surface area (Å²) in [4.78, 5) is 25.9. The smallest absolute Gasteiger partial charge is 0.243 e. The lowest BCUT2D eigenvalue weighted by atomic mass is 9.96. The van der Waals surface area contributed by atoms with Gasteiger partial charge < -0.3 is 9.80 Å². The molecule has 1 aromatic heterocycles. The van der Waals surface area contributed by atoms with Gasteiger partial charge in [0.05, 0.1) is 4.90 Å². The Bertz CT molecular complexity index is 1030. The third-order valence-electron chi connectivity index (χ3n) is 6.18. The van der Waals surface area contributed by atoms with E-state index in [1.165, 1.54) is 4.31 Å². The van der Waals surface area contributed by atoms with Gasteiger partial charge >= 0.3 is 0 Å². The van der Waals surface area contributed by atoms with Gasteiger partial charge in [0, 0.05) is 57.6 Å². The number of carbonyl (C=O) groups is 1. The molecule has 0 saturated carbocycles. The molecule has 4 rings (SSSR count). The zero-order chi connectivity index (χ0) is 22.0. The van der Waals surface area contributed by atoms with Crippen molar-refractivity contribution in [3.8, 4) is 0 Å². The van der Waals surface area contributed by atoms with Crippen LogP contribution in [0.2, 0.25) is 0 Å². The molecular weight excluding hydrogens is 414 g/mol. The highest BCUT2D eigenvalue weighted by molar-refractivity contribution is 7.89. The minimum atomic E-state index is -3.53. The van der Waals surface area contributed by atoms with Crippen molar-refractivity contribution in [2.75, 3.05) is 44.2 Å². The summed E-state index contributed by atoms with van der Waals surface area (Å²) in [6.07, 6.45) is 4.57. The first kappa shape index (κ1) is 21.7. The summed E-state index contributed by atoms with van der Waals surface area (Å²) in [5.41, 5.74) is 1.80. The molecule has 2 aromatic rings. The molecule has 0 spiro atoms. The maximum Gasteiger partial charge on any atom is 0.243 e. The number of hydrogen-bond donors (Lipinski definition) is 0. The predicted octanol–water partition coefficient (Wildman–Crippen LogP) is 1.84. The Kier molecular flexibility index (Phi) is 6.24. The van der Waals surface area contributed by atoms with Crippen molar-refractivity contribution in [3.63, 3.8) is 0 Å². The highest BCUT2D eigenvalue weighted by Crippen LogP contribution is 2.27. The van der Waals surface area contributed by atoms with Crippen LogP contribution < -0.4 is 4.90 Å². The summed E-state index contributed by atoms with van der Waals surface area (Å²) in [5.74, 6) is 0.710. The Morgan fingerprint density at radius 2 is 1.61 bits per heavy atom. The molecule has 166 valence electrons. The van der Waals surface area contributed by atoms with Crippen LogP contribution in [0.5, 0.6) is 0 Å². The van der Waals surface area contributed by atoms with Crippen LogP contribution in [0.15, 0.2) is 41.6 Å². The van der Waals surface area contributed by atoms with E-state index in [9.17, 15) is 13.2 Å². The molecule has 0 atom stereocenters. The van der Waals surface area contributed by atoms with Crippen LogP contribution in [0.1, 0.15) is 24.0 Å². The van der Waals surface area contributed by atoms with Crippen LogP contribution in [-0.4, -0.2) is 72.8 Å². The average Bonchev–Trinajstić information content (AvgIpc) is 2.79. The first-order valence-corrected chi connectivity index (χ1v) is 12.2. The lowest BCUT2D eigenvalue weighted by Crippen LogP contribution is -2.52. The van der Waals surface area contributed by atoms with E-state index in [4.69, 9.17) is 0 Å². The van der Waals surface area contributed by atoms with Crippen LogP contribution in [0.25, 0.3) is 0 Å². The van der Waals surface area contributed by atoms with Gasteiger partial charge in [-0.15, -0.1) is 0 Å². The molecule has 2 aliphatic rings. The summed E-state index contributed by atoms with van der Waals surface area (Å²) in [6, 6.07) is 7.20. The Balaban J connectivity index is 1.33. The van der Waals surface area contributed by atoms with Crippen LogP contribution >= 0.6 is 0 Å². The third kappa shape index (κ3) is 4.57. The van der Waals surface area contributed by atoms with Crippen molar-refractivity contribution in [2.45, 2.75) is 31.6 Å². The number of anilines is 1. The van der Waals surface area contributed by atoms with Crippen LogP contribution in [-0.2, 0) is 14.8 Å². The number of aryl methyl sites for hydroxylation is 2. The molecule has 3 heterocycles. The number of sulfonamides is 1. The van der Waals surface area contributed by atoms with Crippen molar-refractivity contribution in [1.29, 1.82) is 0 Å². The molecule has 0 bridgehead atoms. The van der Waals surface area contributed by atoms with E-state index < -0.39 is 10.0 Å². The Labute approximate surface area is 183 Å². The van der Waals surface area contributed by atoms with Crippen LogP contribution in [0, 0.1) is 19.8 Å².